The largest absolute Gasteiger partial charge is 0.497 e. The van der Waals surface area contributed by atoms with Gasteiger partial charge in [-0.25, -0.2) is 4.79 Å². The van der Waals surface area contributed by atoms with Crippen molar-refractivity contribution in [2.24, 2.45) is 11.3 Å². The van der Waals surface area contributed by atoms with E-state index in [0.29, 0.717) is 18.0 Å². The van der Waals surface area contributed by atoms with Crippen LogP contribution in [0.25, 0.3) is 0 Å². The molecule has 2 amide bonds. The van der Waals surface area contributed by atoms with Gasteiger partial charge in [0.1, 0.15) is 5.75 Å². The van der Waals surface area contributed by atoms with Gasteiger partial charge in [0.15, 0.2) is 0 Å². The summed E-state index contributed by atoms with van der Waals surface area (Å²) in [5.41, 5.74) is 4.51. The van der Waals surface area contributed by atoms with Crippen LogP contribution < -0.4 is 20.3 Å². The molecular formula is C25H31N3O2. The van der Waals surface area contributed by atoms with Gasteiger partial charge in [0.05, 0.1) is 7.11 Å². The Morgan fingerprint density at radius 3 is 2.63 bits per heavy atom. The highest BCUT2D eigenvalue weighted by Gasteiger charge is 2.53. The Hall–Kier alpha value is -2.69. The minimum Gasteiger partial charge on any atom is -0.497 e. The fourth-order valence-corrected chi connectivity index (χ4v) is 5.79. The van der Waals surface area contributed by atoms with Crippen LogP contribution in [-0.2, 0) is 13.0 Å². The van der Waals surface area contributed by atoms with Crippen molar-refractivity contribution < 1.29 is 9.53 Å². The van der Waals surface area contributed by atoms with E-state index in [0.717, 1.165) is 30.1 Å². The maximum atomic E-state index is 12.2. The van der Waals surface area contributed by atoms with E-state index in [2.05, 4.69) is 39.8 Å². The smallest absolute Gasteiger partial charge is 0.315 e. The molecule has 1 heterocycles. The van der Waals surface area contributed by atoms with E-state index in [-0.39, 0.29) is 6.03 Å². The molecule has 5 nitrogen and oxygen atoms in total. The molecule has 30 heavy (non-hydrogen) atoms. The van der Waals surface area contributed by atoms with E-state index >= 15 is 0 Å². The number of benzene rings is 2. The normalized spacial score (nSPS) is 26.5. The quantitative estimate of drug-likeness (QED) is 0.760. The van der Waals surface area contributed by atoms with Crippen LogP contribution in [0.5, 0.6) is 5.75 Å². The van der Waals surface area contributed by atoms with E-state index in [9.17, 15) is 4.79 Å². The van der Waals surface area contributed by atoms with Crippen LogP contribution in [0.1, 0.15) is 36.8 Å². The second-order valence-corrected chi connectivity index (χ2v) is 9.38. The van der Waals surface area contributed by atoms with E-state index in [4.69, 9.17) is 4.74 Å². The van der Waals surface area contributed by atoms with Crippen molar-refractivity contribution in [2.45, 2.75) is 44.7 Å². The molecule has 5 heteroatoms. The predicted molar refractivity (Wildman–Crippen MR) is 119 cm³/mol. The van der Waals surface area contributed by atoms with Gasteiger partial charge in [-0.15, -0.1) is 0 Å². The summed E-state index contributed by atoms with van der Waals surface area (Å²) in [6, 6.07) is 16.9. The SMILES string of the molecule is COc1ccc(CNC(=O)NC2CC3(CC(CN4CCc5ccccc54)C3)C2)cc1. The maximum absolute atomic E-state index is 12.2. The minimum atomic E-state index is -0.0600. The van der Waals surface area contributed by atoms with Gasteiger partial charge in [-0.1, -0.05) is 30.3 Å². The predicted octanol–water partition coefficient (Wildman–Crippen LogP) is 4.12. The van der Waals surface area contributed by atoms with Crippen molar-refractivity contribution in [3.63, 3.8) is 0 Å². The summed E-state index contributed by atoms with van der Waals surface area (Å²) in [7, 11) is 1.65. The Kier molecular flexibility index (Phi) is 5.05. The Balaban J connectivity index is 1.01. The first-order chi connectivity index (χ1) is 14.6. The van der Waals surface area contributed by atoms with Crippen molar-refractivity contribution in [1.82, 2.24) is 10.6 Å². The third kappa shape index (κ3) is 3.85. The number of methoxy groups -OCH3 is 1. The summed E-state index contributed by atoms with van der Waals surface area (Å²) in [5.74, 6) is 1.64. The molecular weight excluding hydrogens is 374 g/mol. The average Bonchev–Trinajstić information content (AvgIpc) is 3.12. The van der Waals surface area contributed by atoms with Gasteiger partial charge in [-0.05, 0) is 72.8 Å². The van der Waals surface area contributed by atoms with Crippen molar-refractivity contribution >= 4 is 11.7 Å². The standard InChI is InChI=1S/C25H31N3O2/c1-30-22-8-6-18(7-9-22)16-26-24(29)27-21-14-25(15-21)12-19(13-25)17-28-11-10-20-4-2-3-5-23(20)28/h2-9,19,21H,10-17H2,1H3,(H2,26,27,29). The fraction of sp³-hybridized carbons (Fsp3) is 0.480. The molecule has 2 aliphatic carbocycles. The lowest BCUT2D eigenvalue weighted by molar-refractivity contribution is -0.0426. The highest BCUT2D eigenvalue weighted by Crippen LogP contribution is 2.59. The number of carbonyl (C=O) groups excluding carboxylic acids is 1. The van der Waals surface area contributed by atoms with E-state index in [1.54, 1.807) is 7.11 Å². The highest BCUT2D eigenvalue weighted by molar-refractivity contribution is 5.74. The first kappa shape index (κ1) is 19.3. The first-order valence-corrected chi connectivity index (χ1v) is 11.1. The van der Waals surface area contributed by atoms with Crippen LogP contribution in [0.15, 0.2) is 48.5 Å². The molecule has 2 fully saturated rings. The molecule has 0 aromatic heterocycles. The lowest BCUT2D eigenvalue weighted by Crippen LogP contribution is -2.58. The molecule has 1 spiro atoms. The summed E-state index contributed by atoms with van der Waals surface area (Å²) in [4.78, 5) is 14.8. The number of hydrogen-bond acceptors (Lipinski definition) is 3. The first-order valence-electron chi connectivity index (χ1n) is 11.1. The molecule has 3 aliphatic rings. The Morgan fingerprint density at radius 2 is 1.87 bits per heavy atom. The van der Waals surface area contributed by atoms with Crippen molar-refractivity contribution in [3.05, 3.63) is 59.7 Å². The molecule has 0 bridgehead atoms. The number of anilines is 1. The van der Waals surface area contributed by atoms with E-state index < -0.39 is 0 Å². The van der Waals surface area contributed by atoms with Gasteiger partial charge in [0.2, 0.25) is 0 Å². The topological polar surface area (TPSA) is 53.6 Å². The Labute approximate surface area is 178 Å². The average molecular weight is 406 g/mol. The second kappa shape index (κ2) is 7.86. The van der Waals surface area contributed by atoms with Gasteiger partial charge >= 0.3 is 6.03 Å². The monoisotopic (exact) mass is 405 g/mol. The van der Waals surface area contributed by atoms with Crippen LogP contribution in [0.3, 0.4) is 0 Å². The molecule has 2 saturated carbocycles. The van der Waals surface area contributed by atoms with Crippen LogP contribution in [0.2, 0.25) is 0 Å². The zero-order chi connectivity index (χ0) is 20.6. The lowest BCUT2D eigenvalue weighted by Gasteiger charge is -2.58. The molecule has 158 valence electrons. The summed E-state index contributed by atoms with van der Waals surface area (Å²) < 4.78 is 5.16. The number of ether oxygens (including phenoxy) is 1. The van der Waals surface area contributed by atoms with Crippen LogP contribution in [-0.4, -0.2) is 32.3 Å². The Morgan fingerprint density at radius 1 is 1.10 bits per heavy atom. The number of rotatable bonds is 6. The van der Waals surface area contributed by atoms with Gasteiger partial charge < -0.3 is 20.3 Å². The molecule has 5 rings (SSSR count). The van der Waals surface area contributed by atoms with Crippen LogP contribution in [0, 0.1) is 11.3 Å². The summed E-state index contributed by atoms with van der Waals surface area (Å²) in [5, 5.41) is 6.12. The molecule has 0 unspecified atom stereocenters. The van der Waals surface area contributed by atoms with E-state index in [1.807, 2.05) is 24.3 Å². The van der Waals surface area contributed by atoms with Crippen LogP contribution >= 0.6 is 0 Å². The number of fused-ring (bicyclic) bond motifs is 1. The number of hydrogen-bond donors (Lipinski definition) is 2. The van der Waals surface area contributed by atoms with Crippen molar-refractivity contribution in [2.75, 3.05) is 25.1 Å². The number of para-hydroxylation sites is 1. The number of carbonyl (C=O) groups is 1. The summed E-state index contributed by atoms with van der Waals surface area (Å²) in [6.07, 6.45) is 6.09. The van der Waals surface area contributed by atoms with E-state index in [1.165, 1.54) is 43.6 Å². The molecule has 2 aromatic carbocycles. The fourth-order valence-electron chi connectivity index (χ4n) is 5.79. The number of nitrogens with zero attached hydrogens (tertiary/aromatic N) is 1. The van der Waals surface area contributed by atoms with Gasteiger partial charge in [0, 0.05) is 31.4 Å². The van der Waals surface area contributed by atoms with Gasteiger partial charge in [-0.3, -0.25) is 0 Å². The number of urea groups is 1. The number of amides is 2. The third-order valence-corrected chi connectivity index (χ3v) is 7.21. The van der Waals surface area contributed by atoms with Crippen LogP contribution in [0.4, 0.5) is 10.5 Å². The summed E-state index contributed by atoms with van der Waals surface area (Å²) in [6.45, 7) is 2.90. The minimum absolute atomic E-state index is 0.0600. The summed E-state index contributed by atoms with van der Waals surface area (Å²) >= 11 is 0. The maximum Gasteiger partial charge on any atom is 0.315 e. The third-order valence-electron chi connectivity index (χ3n) is 7.21. The molecule has 2 aromatic rings. The molecule has 1 aliphatic heterocycles. The van der Waals surface area contributed by atoms with Gasteiger partial charge in [-0.2, -0.15) is 0 Å². The second-order valence-electron chi connectivity index (χ2n) is 9.38. The Bertz CT molecular complexity index is 897. The molecule has 0 radical (unpaired) electrons. The van der Waals surface area contributed by atoms with Crippen molar-refractivity contribution in [1.29, 1.82) is 0 Å². The molecule has 0 saturated heterocycles. The molecule has 2 N–H and O–H groups in total. The zero-order valence-electron chi connectivity index (χ0n) is 17.7. The lowest BCUT2D eigenvalue weighted by atomic mass is 9.50. The zero-order valence-corrected chi connectivity index (χ0v) is 17.7. The highest BCUT2D eigenvalue weighted by atomic mass is 16.5. The molecule has 0 atom stereocenters. The van der Waals surface area contributed by atoms with Crippen molar-refractivity contribution in [3.8, 4) is 5.75 Å². The van der Waals surface area contributed by atoms with Gasteiger partial charge in [0.25, 0.3) is 0 Å². The number of nitrogens with one attached hydrogen (secondary N) is 2.